The van der Waals surface area contributed by atoms with Gasteiger partial charge in [-0.2, -0.15) is 4.98 Å². The van der Waals surface area contributed by atoms with Crippen LogP contribution < -0.4 is 0 Å². The molecular weight excluding hydrogens is 286 g/mol. The monoisotopic (exact) mass is 303 g/mol. The van der Waals surface area contributed by atoms with Gasteiger partial charge < -0.3 is 9.42 Å². The van der Waals surface area contributed by atoms with E-state index in [1.165, 1.54) is 0 Å². The molecule has 0 radical (unpaired) electrons. The molecule has 21 heavy (non-hydrogen) atoms. The summed E-state index contributed by atoms with van der Waals surface area (Å²) in [5.74, 6) is 2.07. The lowest BCUT2D eigenvalue weighted by Crippen LogP contribution is -2.32. The lowest BCUT2D eigenvalue weighted by molar-refractivity contribution is -0.131. The molecule has 2 aliphatic rings. The van der Waals surface area contributed by atoms with E-state index in [1.807, 2.05) is 22.4 Å². The quantitative estimate of drug-likeness (QED) is 0.871. The summed E-state index contributed by atoms with van der Waals surface area (Å²) in [5.41, 5.74) is 0. The maximum Gasteiger partial charge on any atom is 0.229 e. The Kier molecular flexibility index (Phi) is 3.25. The van der Waals surface area contributed by atoms with Gasteiger partial charge in [0.1, 0.15) is 0 Å². The molecule has 1 aliphatic heterocycles. The number of amides is 1. The third kappa shape index (κ3) is 2.60. The van der Waals surface area contributed by atoms with E-state index in [9.17, 15) is 4.79 Å². The summed E-state index contributed by atoms with van der Waals surface area (Å²) in [6, 6.07) is 3.98. The molecule has 2 aromatic heterocycles. The number of carbonyl (C=O) groups is 1. The van der Waals surface area contributed by atoms with Crippen molar-refractivity contribution in [1.82, 2.24) is 15.0 Å². The summed E-state index contributed by atoms with van der Waals surface area (Å²) in [4.78, 5) is 20.0. The minimum Gasteiger partial charge on any atom is -0.339 e. The minimum atomic E-state index is -0.00582. The highest BCUT2D eigenvalue weighted by Gasteiger charge is 2.35. The lowest BCUT2D eigenvalue weighted by atomic mass is 10.2. The molecule has 1 aliphatic carbocycles. The number of nitrogens with zero attached hydrogens (tertiary/aromatic N) is 3. The van der Waals surface area contributed by atoms with Crippen LogP contribution >= 0.6 is 11.3 Å². The Hall–Kier alpha value is -1.69. The van der Waals surface area contributed by atoms with Gasteiger partial charge in [-0.15, -0.1) is 11.3 Å². The molecule has 0 aromatic carbocycles. The Labute approximate surface area is 127 Å². The van der Waals surface area contributed by atoms with Crippen LogP contribution in [0.3, 0.4) is 0 Å². The van der Waals surface area contributed by atoms with Crippen molar-refractivity contribution in [2.45, 2.75) is 44.1 Å². The standard InChI is InChI=1S/C15H17N3O2S/c19-13(9-11-3-2-8-21-11)18-7-1-4-12(18)14-16-15(20-17-14)10-5-6-10/h2-3,8,10,12H,1,4-7,9H2/t12-/m1/s1. The van der Waals surface area contributed by atoms with Crippen molar-refractivity contribution < 1.29 is 9.32 Å². The normalized spacial score (nSPS) is 21.9. The largest absolute Gasteiger partial charge is 0.339 e. The number of hydrogen-bond acceptors (Lipinski definition) is 5. The average molecular weight is 303 g/mol. The van der Waals surface area contributed by atoms with Gasteiger partial charge in [-0.3, -0.25) is 4.79 Å². The second kappa shape index (κ2) is 5.26. The second-order valence-electron chi connectivity index (χ2n) is 5.77. The SMILES string of the molecule is O=C(Cc1cccs1)N1CCC[C@@H]1c1noc(C2CC2)n1. The average Bonchev–Trinajstić information content (AvgIpc) is 2.94. The van der Waals surface area contributed by atoms with Gasteiger partial charge in [0, 0.05) is 17.3 Å². The minimum absolute atomic E-state index is 0.00582. The zero-order valence-electron chi connectivity index (χ0n) is 11.7. The lowest BCUT2D eigenvalue weighted by Gasteiger charge is -2.21. The van der Waals surface area contributed by atoms with Crippen molar-refractivity contribution in [1.29, 1.82) is 0 Å². The van der Waals surface area contributed by atoms with Crippen molar-refractivity contribution in [3.05, 3.63) is 34.1 Å². The first-order valence-electron chi connectivity index (χ1n) is 7.46. The Morgan fingerprint density at radius 2 is 2.33 bits per heavy atom. The zero-order valence-corrected chi connectivity index (χ0v) is 12.5. The second-order valence-corrected chi connectivity index (χ2v) is 6.80. The van der Waals surface area contributed by atoms with Gasteiger partial charge >= 0.3 is 0 Å². The van der Waals surface area contributed by atoms with Crippen molar-refractivity contribution in [2.75, 3.05) is 6.54 Å². The first-order valence-corrected chi connectivity index (χ1v) is 8.34. The van der Waals surface area contributed by atoms with Crippen molar-refractivity contribution in [3.63, 3.8) is 0 Å². The van der Waals surface area contributed by atoms with Gasteiger partial charge in [-0.1, -0.05) is 11.2 Å². The molecule has 6 heteroatoms. The number of rotatable bonds is 4. The van der Waals surface area contributed by atoms with E-state index >= 15 is 0 Å². The fourth-order valence-corrected chi connectivity index (χ4v) is 3.57. The highest BCUT2D eigenvalue weighted by molar-refractivity contribution is 7.10. The molecule has 2 aromatic rings. The van der Waals surface area contributed by atoms with Crippen molar-refractivity contribution in [3.8, 4) is 0 Å². The molecule has 4 rings (SSSR count). The van der Waals surface area contributed by atoms with Gasteiger partial charge in [0.2, 0.25) is 11.8 Å². The fraction of sp³-hybridized carbons (Fsp3) is 0.533. The first kappa shape index (κ1) is 13.0. The molecule has 0 unspecified atom stereocenters. The van der Waals surface area contributed by atoms with Gasteiger partial charge in [-0.25, -0.2) is 0 Å². The van der Waals surface area contributed by atoms with E-state index < -0.39 is 0 Å². The molecular formula is C15H17N3O2S. The summed E-state index contributed by atoms with van der Waals surface area (Å²) in [6.07, 6.45) is 4.70. The van der Waals surface area contributed by atoms with Gasteiger partial charge in [-0.05, 0) is 37.1 Å². The molecule has 1 amide bonds. The summed E-state index contributed by atoms with van der Waals surface area (Å²) in [5, 5.41) is 6.12. The number of likely N-dealkylation sites (tertiary alicyclic amines) is 1. The van der Waals surface area contributed by atoms with Gasteiger partial charge in [0.15, 0.2) is 5.82 Å². The Balaban J connectivity index is 1.49. The highest BCUT2D eigenvalue weighted by Crippen LogP contribution is 2.40. The topological polar surface area (TPSA) is 59.2 Å². The number of aromatic nitrogens is 2. The number of thiophene rings is 1. The van der Waals surface area contributed by atoms with Crippen LogP contribution in [-0.4, -0.2) is 27.5 Å². The van der Waals surface area contributed by atoms with E-state index in [0.29, 0.717) is 18.2 Å². The summed E-state index contributed by atoms with van der Waals surface area (Å²) < 4.78 is 5.34. The van der Waals surface area contributed by atoms with Gasteiger partial charge in [0.25, 0.3) is 0 Å². The molecule has 2 fully saturated rings. The molecule has 1 saturated carbocycles. The molecule has 3 heterocycles. The van der Waals surface area contributed by atoms with Crippen LogP contribution in [0.15, 0.2) is 22.0 Å². The molecule has 5 nitrogen and oxygen atoms in total. The third-order valence-electron chi connectivity index (χ3n) is 4.16. The predicted molar refractivity (Wildman–Crippen MR) is 78.0 cm³/mol. The summed E-state index contributed by atoms with van der Waals surface area (Å²) >= 11 is 1.63. The first-order chi connectivity index (χ1) is 10.3. The van der Waals surface area contributed by atoms with Crippen LogP contribution in [0.1, 0.15) is 54.2 Å². The van der Waals surface area contributed by atoms with Crippen molar-refractivity contribution in [2.24, 2.45) is 0 Å². The molecule has 0 N–H and O–H groups in total. The molecule has 0 bridgehead atoms. The van der Waals surface area contributed by atoms with E-state index in [-0.39, 0.29) is 11.9 Å². The third-order valence-corrected chi connectivity index (χ3v) is 5.04. The van der Waals surface area contributed by atoms with E-state index in [0.717, 1.165) is 43.0 Å². The smallest absolute Gasteiger partial charge is 0.229 e. The number of hydrogen-bond donors (Lipinski definition) is 0. The molecule has 0 spiro atoms. The molecule has 1 saturated heterocycles. The van der Waals surface area contributed by atoms with Gasteiger partial charge in [0.05, 0.1) is 12.5 Å². The van der Waals surface area contributed by atoms with Crippen molar-refractivity contribution >= 4 is 17.2 Å². The zero-order chi connectivity index (χ0) is 14.2. The summed E-state index contributed by atoms with van der Waals surface area (Å²) in [7, 11) is 0. The Bertz CT molecular complexity index is 633. The highest BCUT2D eigenvalue weighted by atomic mass is 32.1. The van der Waals surface area contributed by atoms with Crippen LogP contribution in [-0.2, 0) is 11.2 Å². The number of carbonyl (C=O) groups excluding carboxylic acids is 1. The maximum absolute atomic E-state index is 12.5. The van der Waals surface area contributed by atoms with Crippen LogP contribution in [0.4, 0.5) is 0 Å². The van der Waals surface area contributed by atoms with Crippen LogP contribution in [0.5, 0.6) is 0 Å². The van der Waals surface area contributed by atoms with E-state index in [1.54, 1.807) is 11.3 Å². The maximum atomic E-state index is 12.5. The van der Waals surface area contributed by atoms with Crippen LogP contribution in [0, 0.1) is 0 Å². The fourth-order valence-electron chi connectivity index (χ4n) is 2.88. The molecule has 110 valence electrons. The van der Waals surface area contributed by atoms with E-state index in [2.05, 4.69) is 10.1 Å². The van der Waals surface area contributed by atoms with Crippen LogP contribution in [0.25, 0.3) is 0 Å². The summed E-state index contributed by atoms with van der Waals surface area (Å²) in [6.45, 7) is 0.794. The predicted octanol–water partition coefficient (Wildman–Crippen LogP) is 2.91. The van der Waals surface area contributed by atoms with E-state index in [4.69, 9.17) is 4.52 Å². The molecule has 1 atom stereocenters. The van der Waals surface area contributed by atoms with Crippen LogP contribution in [0.2, 0.25) is 0 Å². The Morgan fingerprint density at radius 3 is 3.10 bits per heavy atom. The Morgan fingerprint density at radius 1 is 1.43 bits per heavy atom.